The Balaban J connectivity index is 1.72. The van der Waals surface area contributed by atoms with Crippen LogP contribution in [0.2, 0.25) is 0 Å². The molecule has 1 saturated heterocycles. The molecule has 3 aliphatic rings. The third kappa shape index (κ3) is 1.49. The first-order valence-electron chi connectivity index (χ1n) is 7.24. The van der Waals surface area contributed by atoms with Crippen LogP contribution in [0.1, 0.15) is 40.5 Å². The van der Waals surface area contributed by atoms with Crippen LogP contribution < -0.4 is 0 Å². The summed E-state index contributed by atoms with van der Waals surface area (Å²) < 4.78 is 0. The summed E-state index contributed by atoms with van der Waals surface area (Å²) in [5, 5.41) is 9.63. The molecule has 102 valence electrons. The summed E-state index contributed by atoms with van der Waals surface area (Å²) in [6.07, 6.45) is 2.66. The van der Waals surface area contributed by atoms with Crippen molar-refractivity contribution in [1.82, 2.24) is 4.90 Å². The zero-order valence-electron chi connectivity index (χ0n) is 11.9. The molecule has 3 fully saturated rings. The molecule has 0 aromatic carbocycles. The lowest BCUT2D eigenvalue weighted by molar-refractivity contribution is -0.141. The molecule has 3 heteroatoms. The van der Waals surface area contributed by atoms with E-state index < -0.39 is 0 Å². The molecule has 1 aliphatic heterocycles. The first-order valence-corrected chi connectivity index (χ1v) is 7.24. The average molecular weight is 251 g/mol. The van der Waals surface area contributed by atoms with Gasteiger partial charge >= 0.3 is 0 Å². The predicted molar refractivity (Wildman–Crippen MR) is 69.9 cm³/mol. The zero-order chi connectivity index (χ0) is 13.3. The molecule has 1 N–H and O–H groups in total. The van der Waals surface area contributed by atoms with Crippen molar-refractivity contribution in [2.45, 2.75) is 46.6 Å². The van der Waals surface area contributed by atoms with Gasteiger partial charge in [-0.2, -0.15) is 0 Å². The molecule has 0 aromatic rings. The Morgan fingerprint density at radius 3 is 2.50 bits per heavy atom. The van der Waals surface area contributed by atoms with E-state index in [4.69, 9.17) is 0 Å². The fourth-order valence-corrected chi connectivity index (χ4v) is 4.03. The van der Waals surface area contributed by atoms with Gasteiger partial charge in [0.2, 0.25) is 5.91 Å². The van der Waals surface area contributed by atoms with E-state index in [0.29, 0.717) is 17.3 Å². The molecule has 1 amide bonds. The van der Waals surface area contributed by atoms with Crippen LogP contribution in [-0.4, -0.2) is 35.1 Å². The Bertz CT molecular complexity index is 380. The fraction of sp³-hybridized carbons (Fsp3) is 0.933. The summed E-state index contributed by atoms with van der Waals surface area (Å²) >= 11 is 0. The number of piperidine rings is 1. The van der Waals surface area contributed by atoms with Gasteiger partial charge in [0.25, 0.3) is 0 Å². The van der Waals surface area contributed by atoms with Crippen molar-refractivity contribution in [3.05, 3.63) is 0 Å². The number of hydrogen-bond donors (Lipinski definition) is 1. The normalized spacial score (nSPS) is 37.6. The van der Waals surface area contributed by atoms with Gasteiger partial charge in [-0.15, -0.1) is 0 Å². The van der Waals surface area contributed by atoms with Crippen LogP contribution in [0, 0.1) is 28.6 Å². The molecule has 3 rings (SSSR count). The highest BCUT2D eigenvalue weighted by Crippen LogP contribution is 2.78. The predicted octanol–water partition coefficient (Wildman–Crippen LogP) is 1.90. The number of rotatable bonds is 2. The maximum Gasteiger partial charge on any atom is 0.226 e. The molecule has 0 unspecified atom stereocenters. The van der Waals surface area contributed by atoms with Gasteiger partial charge in [-0.05, 0) is 35.5 Å². The Hall–Kier alpha value is -0.570. The largest absolute Gasteiger partial charge is 0.394 e. The standard InChI is InChI=1S/C15H25NO2/c1-9(14(2,3)4)13(18)16-7-10-12(11(16)8-17)15(10)5-6-15/h9-12,17H,5-8H2,1-4H3/t9-,10+,11-,12+/m1/s1. The topological polar surface area (TPSA) is 40.5 Å². The van der Waals surface area contributed by atoms with E-state index in [1.54, 1.807) is 0 Å². The highest BCUT2D eigenvalue weighted by molar-refractivity contribution is 5.80. The van der Waals surface area contributed by atoms with Gasteiger partial charge in [-0.1, -0.05) is 27.7 Å². The summed E-state index contributed by atoms with van der Waals surface area (Å²) in [4.78, 5) is 14.6. The second-order valence-electron chi connectivity index (χ2n) is 7.69. The number of carbonyl (C=O) groups is 1. The van der Waals surface area contributed by atoms with Crippen LogP contribution >= 0.6 is 0 Å². The van der Waals surface area contributed by atoms with E-state index in [1.807, 2.05) is 11.8 Å². The lowest BCUT2D eigenvalue weighted by atomic mass is 9.81. The van der Waals surface area contributed by atoms with Crippen molar-refractivity contribution in [1.29, 1.82) is 0 Å². The molecule has 1 heterocycles. The SMILES string of the molecule is C[C@H](C(=O)N1C[C@H]2[C@@H]([C@H]1CO)C21CC1)C(C)(C)C. The van der Waals surface area contributed by atoms with E-state index in [9.17, 15) is 9.90 Å². The lowest BCUT2D eigenvalue weighted by Crippen LogP contribution is -2.46. The second kappa shape index (κ2) is 3.50. The summed E-state index contributed by atoms with van der Waals surface area (Å²) in [6, 6.07) is 0.106. The van der Waals surface area contributed by atoms with Crippen molar-refractivity contribution in [2.24, 2.45) is 28.6 Å². The van der Waals surface area contributed by atoms with Gasteiger partial charge in [0.1, 0.15) is 0 Å². The first-order chi connectivity index (χ1) is 8.33. The van der Waals surface area contributed by atoms with Crippen LogP contribution in [0.3, 0.4) is 0 Å². The summed E-state index contributed by atoms with van der Waals surface area (Å²) in [7, 11) is 0. The Morgan fingerprint density at radius 1 is 1.44 bits per heavy atom. The van der Waals surface area contributed by atoms with Crippen molar-refractivity contribution in [3.63, 3.8) is 0 Å². The quantitative estimate of drug-likeness (QED) is 0.814. The van der Waals surface area contributed by atoms with E-state index in [0.717, 1.165) is 6.54 Å². The number of aliphatic hydroxyl groups is 1. The van der Waals surface area contributed by atoms with Gasteiger partial charge in [0.05, 0.1) is 12.6 Å². The van der Waals surface area contributed by atoms with E-state index >= 15 is 0 Å². The van der Waals surface area contributed by atoms with Crippen LogP contribution in [0.5, 0.6) is 0 Å². The van der Waals surface area contributed by atoms with E-state index in [2.05, 4.69) is 20.8 Å². The highest BCUT2D eigenvalue weighted by atomic mass is 16.3. The number of aliphatic hydroxyl groups excluding tert-OH is 1. The molecule has 2 aliphatic carbocycles. The van der Waals surface area contributed by atoms with E-state index in [-0.39, 0.29) is 29.9 Å². The first kappa shape index (κ1) is 12.5. The lowest BCUT2D eigenvalue weighted by Gasteiger charge is -2.35. The van der Waals surface area contributed by atoms with Crippen molar-refractivity contribution in [3.8, 4) is 0 Å². The van der Waals surface area contributed by atoms with Crippen LogP contribution in [-0.2, 0) is 4.79 Å². The van der Waals surface area contributed by atoms with Crippen LogP contribution in [0.4, 0.5) is 0 Å². The van der Waals surface area contributed by atoms with Gasteiger partial charge in [-0.25, -0.2) is 0 Å². The molecule has 3 nitrogen and oxygen atoms in total. The molecular weight excluding hydrogens is 226 g/mol. The van der Waals surface area contributed by atoms with Crippen molar-refractivity contribution in [2.75, 3.05) is 13.2 Å². The minimum atomic E-state index is 0.00113. The Morgan fingerprint density at radius 2 is 2.06 bits per heavy atom. The molecular formula is C15H25NO2. The zero-order valence-corrected chi connectivity index (χ0v) is 11.9. The summed E-state index contributed by atoms with van der Waals surface area (Å²) in [5.41, 5.74) is 0.566. The molecule has 18 heavy (non-hydrogen) atoms. The summed E-state index contributed by atoms with van der Waals surface area (Å²) in [6.45, 7) is 9.41. The summed E-state index contributed by atoms with van der Waals surface area (Å²) in [5.74, 6) is 1.58. The maximum absolute atomic E-state index is 12.6. The van der Waals surface area contributed by atoms with Gasteiger partial charge in [-0.3, -0.25) is 4.79 Å². The molecule has 2 saturated carbocycles. The van der Waals surface area contributed by atoms with Crippen molar-refractivity contribution < 1.29 is 9.90 Å². The number of hydrogen-bond acceptors (Lipinski definition) is 2. The Labute approximate surface area is 110 Å². The number of nitrogens with zero attached hydrogens (tertiary/aromatic N) is 1. The second-order valence-corrected chi connectivity index (χ2v) is 7.69. The number of likely N-dealkylation sites (tertiary alicyclic amines) is 1. The van der Waals surface area contributed by atoms with Gasteiger partial charge < -0.3 is 10.0 Å². The van der Waals surface area contributed by atoms with Crippen LogP contribution in [0.15, 0.2) is 0 Å². The van der Waals surface area contributed by atoms with Crippen molar-refractivity contribution >= 4 is 5.91 Å². The van der Waals surface area contributed by atoms with Crippen LogP contribution in [0.25, 0.3) is 0 Å². The van der Waals surface area contributed by atoms with E-state index in [1.165, 1.54) is 12.8 Å². The number of fused-ring (bicyclic) bond motifs is 3. The third-order valence-electron chi connectivity index (χ3n) is 5.90. The molecule has 0 bridgehead atoms. The Kier molecular flexibility index (Phi) is 2.42. The highest BCUT2D eigenvalue weighted by Gasteiger charge is 2.77. The number of carbonyl (C=O) groups excluding carboxylic acids is 1. The monoisotopic (exact) mass is 251 g/mol. The average Bonchev–Trinajstić information content (AvgIpc) is 3.16. The minimum absolute atomic E-state index is 0.00113. The fourth-order valence-electron chi connectivity index (χ4n) is 4.03. The van der Waals surface area contributed by atoms with Gasteiger partial charge in [0.15, 0.2) is 0 Å². The molecule has 0 aromatic heterocycles. The molecule has 1 spiro atoms. The molecule has 4 atom stereocenters. The maximum atomic E-state index is 12.6. The minimum Gasteiger partial charge on any atom is -0.394 e. The number of amides is 1. The van der Waals surface area contributed by atoms with Gasteiger partial charge in [0, 0.05) is 12.5 Å². The third-order valence-corrected chi connectivity index (χ3v) is 5.90. The molecule has 0 radical (unpaired) electrons. The smallest absolute Gasteiger partial charge is 0.226 e.